The predicted molar refractivity (Wildman–Crippen MR) is 48.2 cm³/mol. The number of nitrogens with two attached hydrogens (primary N) is 1. The molecule has 0 aromatic heterocycles. The summed E-state index contributed by atoms with van der Waals surface area (Å²) in [5.41, 5.74) is 5.37. The van der Waals surface area contributed by atoms with E-state index in [4.69, 9.17) is 5.73 Å². The molecule has 0 atom stereocenters. The second kappa shape index (κ2) is 13.5. The van der Waals surface area contributed by atoms with Crippen LogP contribution in [0.3, 0.4) is 0 Å². The van der Waals surface area contributed by atoms with E-state index in [9.17, 15) is 0 Å². The molecule has 0 spiro atoms. The first-order valence-corrected chi connectivity index (χ1v) is 4.62. The normalized spacial score (nSPS) is 9.27. The average molecular weight is 167 g/mol. The van der Waals surface area contributed by atoms with Crippen LogP contribution < -0.4 is 35.3 Å². The van der Waals surface area contributed by atoms with E-state index >= 15 is 0 Å². The van der Waals surface area contributed by atoms with E-state index < -0.39 is 0 Å². The number of rotatable bonds is 7. The Labute approximate surface area is 94.9 Å². The van der Waals surface area contributed by atoms with E-state index in [1.54, 1.807) is 0 Å². The van der Waals surface area contributed by atoms with E-state index in [0.29, 0.717) is 0 Å². The molecular formula is C9H22NNa. The maximum absolute atomic E-state index is 5.37. The van der Waals surface area contributed by atoms with E-state index in [1.165, 1.54) is 44.9 Å². The second-order valence-corrected chi connectivity index (χ2v) is 2.91. The van der Waals surface area contributed by atoms with Gasteiger partial charge in [-0.3, -0.25) is 0 Å². The summed E-state index contributed by atoms with van der Waals surface area (Å²) in [7, 11) is 0. The van der Waals surface area contributed by atoms with Crippen LogP contribution in [0.1, 0.15) is 53.3 Å². The molecule has 0 saturated carbocycles. The summed E-state index contributed by atoms with van der Waals surface area (Å²) in [6.45, 7) is 3.12. The Bertz CT molecular complexity index is 54.5. The van der Waals surface area contributed by atoms with Gasteiger partial charge in [-0.25, -0.2) is 0 Å². The van der Waals surface area contributed by atoms with Gasteiger partial charge in [-0.05, 0) is 13.0 Å². The molecule has 0 aromatic rings. The first-order chi connectivity index (χ1) is 4.91. The van der Waals surface area contributed by atoms with Crippen molar-refractivity contribution in [2.75, 3.05) is 6.54 Å². The summed E-state index contributed by atoms with van der Waals surface area (Å²) in [5.74, 6) is 0. The van der Waals surface area contributed by atoms with Crippen LogP contribution in [0.15, 0.2) is 0 Å². The number of hydrogen-bond acceptors (Lipinski definition) is 1. The zero-order valence-electron chi connectivity index (χ0n) is 9.23. The SMILES string of the molecule is CCCCCCCCCN.[H-].[Na+]. The van der Waals surface area contributed by atoms with Gasteiger partial charge >= 0.3 is 29.6 Å². The summed E-state index contributed by atoms with van der Waals surface area (Å²) >= 11 is 0. The van der Waals surface area contributed by atoms with Crippen molar-refractivity contribution in [2.45, 2.75) is 51.9 Å². The molecule has 11 heavy (non-hydrogen) atoms. The molecule has 0 heterocycles. The van der Waals surface area contributed by atoms with Crippen molar-refractivity contribution in [2.24, 2.45) is 5.73 Å². The molecule has 2 N–H and O–H groups in total. The van der Waals surface area contributed by atoms with Gasteiger partial charge < -0.3 is 7.16 Å². The summed E-state index contributed by atoms with van der Waals surface area (Å²) in [6.07, 6.45) is 9.51. The van der Waals surface area contributed by atoms with Crippen molar-refractivity contribution in [1.29, 1.82) is 0 Å². The molecule has 0 fully saturated rings. The molecule has 64 valence electrons. The van der Waals surface area contributed by atoms with Crippen LogP contribution in [-0.2, 0) is 0 Å². The molecular weight excluding hydrogens is 145 g/mol. The fourth-order valence-electron chi connectivity index (χ4n) is 1.10. The summed E-state index contributed by atoms with van der Waals surface area (Å²) < 4.78 is 0. The Morgan fingerprint density at radius 2 is 1.36 bits per heavy atom. The second-order valence-electron chi connectivity index (χ2n) is 2.91. The van der Waals surface area contributed by atoms with E-state index in [-0.39, 0.29) is 31.0 Å². The molecule has 0 aromatic carbocycles. The molecule has 0 unspecified atom stereocenters. The van der Waals surface area contributed by atoms with Gasteiger partial charge in [-0.2, -0.15) is 0 Å². The van der Waals surface area contributed by atoms with Gasteiger partial charge in [0.15, 0.2) is 0 Å². The van der Waals surface area contributed by atoms with Gasteiger partial charge in [0.25, 0.3) is 0 Å². The maximum atomic E-state index is 5.37. The Kier molecular flexibility index (Phi) is 17.8. The largest absolute Gasteiger partial charge is 1.00 e. The van der Waals surface area contributed by atoms with E-state index in [2.05, 4.69) is 6.92 Å². The van der Waals surface area contributed by atoms with Crippen molar-refractivity contribution in [3.05, 3.63) is 0 Å². The van der Waals surface area contributed by atoms with Gasteiger partial charge in [-0.15, -0.1) is 0 Å². The molecule has 0 aliphatic heterocycles. The minimum absolute atomic E-state index is 0. The van der Waals surface area contributed by atoms with E-state index in [0.717, 1.165) is 6.54 Å². The van der Waals surface area contributed by atoms with Gasteiger partial charge in [0, 0.05) is 0 Å². The van der Waals surface area contributed by atoms with Crippen LogP contribution in [0.2, 0.25) is 0 Å². The van der Waals surface area contributed by atoms with Crippen molar-refractivity contribution < 1.29 is 31.0 Å². The molecule has 0 radical (unpaired) electrons. The van der Waals surface area contributed by atoms with Crippen molar-refractivity contribution in [3.63, 3.8) is 0 Å². The van der Waals surface area contributed by atoms with Gasteiger partial charge in [0.2, 0.25) is 0 Å². The van der Waals surface area contributed by atoms with Gasteiger partial charge in [-0.1, -0.05) is 45.4 Å². The average Bonchev–Trinajstić information content (AvgIpc) is 1.97. The van der Waals surface area contributed by atoms with Crippen LogP contribution in [0.25, 0.3) is 0 Å². The predicted octanol–water partition coefficient (Wildman–Crippen LogP) is -0.188. The zero-order chi connectivity index (χ0) is 7.66. The topological polar surface area (TPSA) is 26.0 Å². The van der Waals surface area contributed by atoms with Crippen LogP contribution in [0.4, 0.5) is 0 Å². The summed E-state index contributed by atoms with van der Waals surface area (Å²) in [4.78, 5) is 0. The quantitative estimate of drug-likeness (QED) is 0.413. The third-order valence-corrected chi connectivity index (χ3v) is 1.81. The first kappa shape index (κ1) is 14.5. The maximum Gasteiger partial charge on any atom is 1.00 e. The number of hydrogen-bond donors (Lipinski definition) is 1. The fourth-order valence-corrected chi connectivity index (χ4v) is 1.10. The summed E-state index contributed by atoms with van der Waals surface area (Å²) in [6, 6.07) is 0. The van der Waals surface area contributed by atoms with Crippen LogP contribution >= 0.6 is 0 Å². The first-order valence-electron chi connectivity index (χ1n) is 4.62. The molecule has 0 aliphatic rings. The molecule has 0 saturated heterocycles. The van der Waals surface area contributed by atoms with Crippen molar-refractivity contribution in [1.82, 2.24) is 0 Å². The Morgan fingerprint density at radius 1 is 0.909 bits per heavy atom. The monoisotopic (exact) mass is 167 g/mol. The minimum atomic E-state index is 0. The van der Waals surface area contributed by atoms with Crippen LogP contribution in [-0.4, -0.2) is 6.54 Å². The summed E-state index contributed by atoms with van der Waals surface area (Å²) in [5, 5.41) is 0. The standard InChI is InChI=1S/C9H21N.Na.H/c1-2-3-4-5-6-7-8-9-10;;/h2-10H2,1H3;;/q;+1;-1. The molecule has 1 nitrogen and oxygen atoms in total. The number of unbranched alkanes of at least 4 members (excludes halogenated alkanes) is 6. The van der Waals surface area contributed by atoms with Gasteiger partial charge in [0.05, 0.1) is 0 Å². The third kappa shape index (κ3) is 13.9. The Balaban J connectivity index is -0.000000405. The Morgan fingerprint density at radius 3 is 1.82 bits per heavy atom. The van der Waals surface area contributed by atoms with Crippen molar-refractivity contribution >= 4 is 0 Å². The molecule has 0 aliphatic carbocycles. The smallest absolute Gasteiger partial charge is 1.00 e. The third-order valence-electron chi connectivity index (χ3n) is 1.81. The molecule has 2 heteroatoms. The molecule has 0 amide bonds. The zero-order valence-corrected chi connectivity index (χ0v) is 10.2. The Hall–Kier alpha value is 0.960. The van der Waals surface area contributed by atoms with Crippen LogP contribution in [0.5, 0.6) is 0 Å². The molecule has 0 bridgehead atoms. The van der Waals surface area contributed by atoms with Crippen LogP contribution in [0, 0.1) is 0 Å². The fraction of sp³-hybridized carbons (Fsp3) is 1.00. The van der Waals surface area contributed by atoms with E-state index in [1.807, 2.05) is 0 Å². The minimum Gasteiger partial charge on any atom is -1.00 e. The molecule has 0 rings (SSSR count). The van der Waals surface area contributed by atoms with Crippen molar-refractivity contribution in [3.8, 4) is 0 Å². The van der Waals surface area contributed by atoms with Gasteiger partial charge in [0.1, 0.15) is 0 Å².